The predicted molar refractivity (Wildman–Crippen MR) is 100 cm³/mol. The van der Waals surface area contributed by atoms with Crippen molar-refractivity contribution in [1.29, 1.82) is 0 Å². The van der Waals surface area contributed by atoms with Gasteiger partial charge in [-0.1, -0.05) is 6.07 Å². The number of hydrogen-bond donors (Lipinski definition) is 1. The molecule has 2 aliphatic rings. The Hall–Kier alpha value is -2.63. The Morgan fingerprint density at radius 2 is 2.00 bits per heavy atom. The average Bonchev–Trinajstić information content (AvgIpc) is 3.29. The summed E-state index contributed by atoms with van der Waals surface area (Å²) in [4.78, 5) is 27.0. The molecule has 136 valence electrons. The van der Waals surface area contributed by atoms with Crippen molar-refractivity contribution in [2.45, 2.75) is 39.5 Å². The monoisotopic (exact) mass is 352 g/mol. The van der Waals surface area contributed by atoms with Crippen LogP contribution >= 0.6 is 0 Å². The Kier molecular flexibility index (Phi) is 4.05. The molecule has 2 heterocycles. The zero-order valence-corrected chi connectivity index (χ0v) is 15.5. The Balaban J connectivity index is 1.50. The molecular weight excluding hydrogens is 328 g/mol. The van der Waals surface area contributed by atoms with Gasteiger partial charge in [0.15, 0.2) is 0 Å². The van der Waals surface area contributed by atoms with Crippen molar-refractivity contribution in [1.82, 2.24) is 9.78 Å². The van der Waals surface area contributed by atoms with Crippen LogP contribution in [0.3, 0.4) is 0 Å². The van der Waals surface area contributed by atoms with Crippen LogP contribution in [-0.4, -0.2) is 28.1 Å². The summed E-state index contributed by atoms with van der Waals surface area (Å²) in [5.41, 5.74) is 6.09. The van der Waals surface area contributed by atoms with E-state index in [1.54, 1.807) is 9.58 Å². The lowest BCUT2D eigenvalue weighted by Crippen LogP contribution is -2.28. The normalized spacial score (nSPS) is 19.1. The van der Waals surface area contributed by atoms with Gasteiger partial charge in [0.05, 0.1) is 23.0 Å². The topological polar surface area (TPSA) is 67.2 Å². The largest absolute Gasteiger partial charge is 0.323 e. The lowest BCUT2D eigenvalue weighted by molar-refractivity contribution is -0.122. The molecule has 0 spiro atoms. The third kappa shape index (κ3) is 2.79. The summed E-state index contributed by atoms with van der Waals surface area (Å²) in [6.45, 7) is 4.23. The minimum atomic E-state index is -0.338. The number of carbonyl (C=O) groups is 2. The molecule has 1 aromatic heterocycles. The van der Waals surface area contributed by atoms with Crippen LogP contribution in [0.25, 0.3) is 0 Å². The second-order valence-corrected chi connectivity index (χ2v) is 7.37. The van der Waals surface area contributed by atoms with Gasteiger partial charge in [-0.15, -0.1) is 0 Å². The number of fused-ring (bicyclic) bond motifs is 1. The minimum absolute atomic E-state index is 0.0164. The molecule has 1 N–H and O–H groups in total. The van der Waals surface area contributed by atoms with E-state index in [1.807, 2.05) is 27.0 Å². The standard InChI is InChI=1S/C20H24N4O2/c1-12-19(13(2)23(3)22-12)21-20(26)16-10-18(25)24(11-16)17-8-7-14-5-4-6-15(14)9-17/h7-9,16H,4-6,10-11H2,1-3H3,(H,21,26). The number of aromatic nitrogens is 2. The molecule has 1 aromatic carbocycles. The molecule has 1 unspecified atom stereocenters. The summed E-state index contributed by atoms with van der Waals surface area (Å²) in [7, 11) is 1.85. The van der Waals surface area contributed by atoms with Crippen molar-refractivity contribution in [2.24, 2.45) is 13.0 Å². The molecule has 0 bridgehead atoms. The number of benzene rings is 1. The van der Waals surface area contributed by atoms with Crippen LogP contribution in [0.4, 0.5) is 11.4 Å². The van der Waals surface area contributed by atoms with Crippen molar-refractivity contribution in [2.75, 3.05) is 16.8 Å². The second kappa shape index (κ2) is 6.27. The predicted octanol–water partition coefficient (Wildman–Crippen LogP) is 2.52. The van der Waals surface area contributed by atoms with E-state index in [0.29, 0.717) is 6.54 Å². The molecule has 1 aliphatic heterocycles. The van der Waals surface area contributed by atoms with Crippen LogP contribution in [-0.2, 0) is 29.5 Å². The van der Waals surface area contributed by atoms with Crippen molar-refractivity contribution < 1.29 is 9.59 Å². The van der Waals surface area contributed by atoms with Gasteiger partial charge >= 0.3 is 0 Å². The fourth-order valence-electron chi connectivity index (χ4n) is 4.04. The van der Waals surface area contributed by atoms with Crippen LogP contribution in [0.2, 0.25) is 0 Å². The highest BCUT2D eigenvalue weighted by Crippen LogP contribution is 2.31. The fourth-order valence-corrected chi connectivity index (χ4v) is 4.04. The zero-order chi connectivity index (χ0) is 18.4. The van der Waals surface area contributed by atoms with Crippen molar-refractivity contribution in [3.8, 4) is 0 Å². The quantitative estimate of drug-likeness (QED) is 0.923. The third-order valence-electron chi connectivity index (χ3n) is 5.65. The van der Waals surface area contributed by atoms with E-state index in [9.17, 15) is 9.59 Å². The van der Waals surface area contributed by atoms with E-state index in [4.69, 9.17) is 0 Å². The second-order valence-electron chi connectivity index (χ2n) is 7.37. The third-order valence-corrected chi connectivity index (χ3v) is 5.65. The SMILES string of the molecule is Cc1nn(C)c(C)c1NC(=O)C1CC(=O)N(c2ccc3c(c2)CCC3)C1. The Bertz CT molecular complexity index is 899. The van der Waals surface area contributed by atoms with Gasteiger partial charge in [-0.3, -0.25) is 14.3 Å². The van der Waals surface area contributed by atoms with Gasteiger partial charge < -0.3 is 10.2 Å². The van der Waals surface area contributed by atoms with Crippen LogP contribution in [0.15, 0.2) is 18.2 Å². The molecule has 1 fully saturated rings. The molecule has 0 saturated carbocycles. The minimum Gasteiger partial charge on any atom is -0.323 e. The number of amides is 2. The van der Waals surface area contributed by atoms with E-state index in [2.05, 4.69) is 22.5 Å². The molecule has 6 nitrogen and oxygen atoms in total. The van der Waals surface area contributed by atoms with Gasteiger partial charge in [0.2, 0.25) is 11.8 Å². The first kappa shape index (κ1) is 16.8. The Labute approximate surface area is 153 Å². The van der Waals surface area contributed by atoms with Gasteiger partial charge in [0.1, 0.15) is 0 Å². The van der Waals surface area contributed by atoms with Crippen LogP contribution < -0.4 is 10.2 Å². The Morgan fingerprint density at radius 1 is 1.23 bits per heavy atom. The van der Waals surface area contributed by atoms with Gasteiger partial charge in [0.25, 0.3) is 0 Å². The smallest absolute Gasteiger partial charge is 0.229 e. The number of nitrogens with one attached hydrogen (secondary N) is 1. The molecule has 2 aromatic rings. The van der Waals surface area contributed by atoms with Gasteiger partial charge in [-0.05, 0) is 56.4 Å². The van der Waals surface area contributed by atoms with E-state index in [1.165, 1.54) is 17.5 Å². The molecule has 1 saturated heterocycles. The van der Waals surface area contributed by atoms with Crippen LogP contribution in [0.1, 0.15) is 35.4 Å². The van der Waals surface area contributed by atoms with E-state index < -0.39 is 0 Å². The maximum absolute atomic E-state index is 12.7. The maximum Gasteiger partial charge on any atom is 0.229 e. The summed E-state index contributed by atoms with van der Waals surface area (Å²) in [6, 6.07) is 6.26. The van der Waals surface area contributed by atoms with Crippen LogP contribution in [0, 0.1) is 19.8 Å². The van der Waals surface area contributed by atoms with Gasteiger partial charge in [-0.25, -0.2) is 0 Å². The highest BCUT2D eigenvalue weighted by atomic mass is 16.2. The number of aryl methyl sites for hydroxylation is 4. The first-order valence-corrected chi connectivity index (χ1v) is 9.17. The average molecular weight is 352 g/mol. The van der Waals surface area contributed by atoms with Crippen LogP contribution in [0.5, 0.6) is 0 Å². The van der Waals surface area contributed by atoms with Gasteiger partial charge in [0, 0.05) is 25.7 Å². The maximum atomic E-state index is 12.7. The van der Waals surface area contributed by atoms with E-state index in [-0.39, 0.29) is 24.2 Å². The number of carbonyl (C=O) groups excluding carboxylic acids is 2. The molecule has 1 aliphatic carbocycles. The molecule has 6 heteroatoms. The molecule has 2 amide bonds. The Morgan fingerprint density at radius 3 is 2.73 bits per heavy atom. The number of hydrogen-bond acceptors (Lipinski definition) is 3. The van der Waals surface area contributed by atoms with E-state index >= 15 is 0 Å². The molecule has 1 atom stereocenters. The summed E-state index contributed by atoms with van der Waals surface area (Å²) in [5, 5.41) is 7.30. The summed E-state index contributed by atoms with van der Waals surface area (Å²) in [6.07, 6.45) is 3.63. The lowest BCUT2D eigenvalue weighted by atomic mass is 10.1. The molecule has 4 rings (SSSR count). The van der Waals surface area contributed by atoms with Crippen molar-refractivity contribution in [3.05, 3.63) is 40.7 Å². The summed E-state index contributed by atoms with van der Waals surface area (Å²) in [5.74, 6) is -0.432. The highest BCUT2D eigenvalue weighted by molar-refractivity contribution is 6.03. The molecular formula is C20H24N4O2. The highest BCUT2D eigenvalue weighted by Gasteiger charge is 2.36. The van der Waals surface area contributed by atoms with Gasteiger partial charge in [-0.2, -0.15) is 5.10 Å². The lowest BCUT2D eigenvalue weighted by Gasteiger charge is -2.18. The molecule has 0 radical (unpaired) electrons. The zero-order valence-electron chi connectivity index (χ0n) is 15.5. The summed E-state index contributed by atoms with van der Waals surface area (Å²) >= 11 is 0. The summed E-state index contributed by atoms with van der Waals surface area (Å²) < 4.78 is 1.75. The first-order chi connectivity index (χ1) is 12.4. The van der Waals surface area contributed by atoms with Crippen molar-refractivity contribution >= 4 is 23.2 Å². The number of anilines is 2. The number of rotatable bonds is 3. The van der Waals surface area contributed by atoms with Crippen molar-refractivity contribution in [3.63, 3.8) is 0 Å². The first-order valence-electron chi connectivity index (χ1n) is 9.17. The van der Waals surface area contributed by atoms with E-state index in [0.717, 1.165) is 35.6 Å². The molecule has 26 heavy (non-hydrogen) atoms. The fraction of sp³-hybridized carbons (Fsp3) is 0.450. The number of nitrogens with zero attached hydrogens (tertiary/aromatic N) is 3.